The van der Waals surface area contributed by atoms with Gasteiger partial charge < -0.3 is 20.6 Å². The van der Waals surface area contributed by atoms with Gasteiger partial charge in [0.2, 0.25) is 5.91 Å². The van der Waals surface area contributed by atoms with Gasteiger partial charge in [-0.05, 0) is 64.2 Å². The zero-order chi connectivity index (χ0) is 47.9. The highest BCUT2D eigenvalue weighted by atomic mass is 16.3. The first-order chi connectivity index (χ1) is 32.5. The second kappa shape index (κ2) is 55.9. The van der Waals surface area contributed by atoms with Crippen molar-refractivity contribution in [1.82, 2.24) is 5.32 Å². The van der Waals surface area contributed by atoms with Gasteiger partial charge in [-0.25, -0.2) is 0 Å². The van der Waals surface area contributed by atoms with Crippen LogP contribution in [0.3, 0.4) is 0 Å². The van der Waals surface area contributed by atoms with Crippen molar-refractivity contribution in [2.75, 3.05) is 6.61 Å². The molecule has 0 aromatic heterocycles. The Labute approximate surface area is 412 Å². The molecule has 0 rings (SSSR count). The lowest BCUT2D eigenvalue weighted by molar-refractivity contribution is -0.124. The highest BCUT2D eigenvalue weighted by molar-refractivity contribution is 5.76. The quantitative estimate of drug-likeness (QED) is 0.0361. The maximum Gasteiger partial charge on any atom is 0.222 e. The van der Waals surface area contributed by atoms with Crippen molar-refractivity contribution in [3.05, 3.63) is 48.6 Å². The third kappa shape index (κ3) is 51.7. The number of carbonyl (C=O) groups excluding carboxylic acids is 1. The van der Waals surface area contributed by atoms with Crippen LogP contribution in [0.15, 0.2) is 48.6 Å². The molecular weight excluding hydrogens is 811 g/mol. The van der Waals surface area contributed by atoms with Gasteiger partial charge in [0.05, 0.1) is 31.3 Å². The molecule has 0 aliphatic carbocycles. The molecule has 0 heterocycles. The smallest absolute Gasteiger partial charge is 0.222 e. The molecule has 0 fully saturated rings. The summed E-state index contributed by atoms with van der Waals surface area (Å²) in [6.07, 6.45) is 74.5. The molecule has 388 valence electrons. The Hall–Kier alpha value is -1.69. The summed E-state index contributed by atoms with van der Waals surface area (Å²) >= 11 is 0. The summed E-state index contributed by atoms with van der Waals surface area (Å²) in [5.74, 6) is -0.322. The van der Waals surface area contributed by atoms with Gasteiger partial charge in [0.25, 0.3) is 0 Å². The van der Waals surface area contributed by atoms with Crippen LogP contribution >= 0.6 is 0 Å². The predicted molar refractivity (Wildman–Crippen MR) is 291 cm³/mol. The standard InChI is InChI=1S/C61H115NO4/c1-3-5-7-9-11-13-15-17-19-21-23-25-26-27-28-29-30-31-32-33-34-35-36-38-40-42-44-46-48-50-52-54-58(64)56-61(66)62-59(57-63)60(65)55-53-51-49-47-45-43-41-39-37-24-22-20-18-16-14-12-10-8-6-4-2/h23,25,27-28,45,47,53,55,58-60,63-65H,3-22,24,26,29-44,46,48-52,54,56-57H2,1-2H3,(H,62,66)/b25-23-,28-27-,47-45+,55-53+. The van der Waals surface area contributed by atoms with Gasteiger partial charge >= 0.3 is 0 Å². The molecule has 5 heteroatoms. The Bertz CT molecular complexity index is 1070. The third-order valence-electron chi connectivity index (χ3n) is 13.6. The van der Waals surface area contributed by atoms with Gasteiger partial charge in [-0.15, -0.1) is 0 Å². The van der Waals surface area contributed by atoms with E-state index in [2.05, 4.69) is 55.6 Å². The minimum absolute atomic E-state index is 0.00634. The molecule has 4 N–H and O–H groups in total. The number of allylic oxidation sites excluding steroid dienone is 7. The molecule has 5 nitrogen and oxygen atoms in total. The van der Waals surface area contributed by atoms with E-state index < -0.39 is 18.2 Å². The Kier molecular flexibility index (Phi) is 54.5. The van der Waals surface area contributed by atoms with Crippen molar-refractivity contribution in [2.45, 2.75) is 327 Å². The second-order valence-electron chi connectivity index (χ2n) is 20.2. The molecule has 0 aromatic rings. The second-order valence-corrected chi connectivity index (χ2v) is 20.2. The zero-order valence-corrected chi connectivity index (χ0v) is 44.3. The Morgan fingerprint density at radius 3 is 1.06 bits per heavy atom. The van der Waals surface area contributed by atoms with Crippen molar-refractivity contribution < 1.29 is 20.1 Å². The molecule has 0 aliphatic heterocycles. The van der Waals surface area contributed by atoms with E-state index in [-0.39, 0.29) is 18.9 Å². The van der Waals surface area contributed by atoms with Gasteiger partial charge in [-0.1, -0.05) is 287 Å². The number of nitrogens with one attached hydrogen (secondary N) is 1. The summed E-state index contributed by atoms with van der Waals surface area (Å²) in [4.78, 5) is 12.5. The number of aliphatic hydroxyl groups excluding tert-OH is 3. The normalized spacial score (nSPS) is 13.6. The molecule has 3 atom stereocenters. The molecule has 0 aliphatic rings. The number of carbonyl (C=O) groups is 1. The predicted octanol–water partition coefficient (Wildman–Crippen LogP) is 18.4. The molecular formula is C61H115NO4. The Balaban J connectivity index is 3.57. The third-order valence-corrected chi connectivity index (χ3v) is 13.6. The van der Waals surface area contributed by atoms with Gasteiger partial charge in [-0.2, -0.15) is 0 Å². The van der Waals surface area contributed by atoms with Crippen LogP contribution in [0, 0.1) is 0 Å². The molecule has 66 heavy (non-hydrogen) atoms. The summed E-state index contributed by atoms with van der Waals surface area (Å²) in [5, 5.41) is 33.5. The largest absolute Gasteiger partial charge is 0.394 e. The SMILES string of the molecule is CCCCCCCCCCC/C=C\C/C=C\CCCCCCCCCCCCCCCCCC(O)CC(=O)NC(CO)C(O)/C=C/CC/C=C/CCCCCCCCCCCCCCCC. The van der Waals surface area contributed by atoms with E-state index in [0.717, 1.165) is 38.5 Å². The van der Waals surface area contributed by atoms with Crippen molar-refractivity contribution in [1.29, 1.82) is 0 Å². The van der Waals surface area contributed by atoms with Crippen LogP contribution in [-0.4, -0.2) is 46.1 Å². The average Bonchev–Trinajstić information content (AvgIpc) is 3.31. The number of amides is 1. The van der Waals surface area contributed by atoms with E-state index >= 15 is 0 Å². The van der Waals surface area contributed by atoms with Crippen molar-refractivity contribution >= 4 is 5.91 Å². The minimum atomic E-state index is -0.953. The maximum absolute atomic E-state index is 12.5. The van der Waals surface area contributed by atoms with E-state index in [1.165, 1.54) is 244 Å². The fraction of sp³-hybridized carbons (Fsp3) is 0.852. The average molecular weight is 927 g/mol. The number of rotatable bonds is 54. The van der Waals surface area contributed by atoms with Crippen LogP contribution < -0.4 is 5.32 Å². The lowest BCUT2D eigenvalue weighted by Gasteiger charge is -2.21. The van der Waals surface area contributed by atoms with Gasteiger partial charge in [0.1, 0.15) is 0 Å². The first kappa shape index (κ1) is 64.3. The molecule has 0 bridgehead atoms. The first-order valence-corrected chi connectivity index (χ1v) is 29.4. The number of unbranched alkanes of at least 4 members (excludes halogenated alkanes) is 39. The molecule has 0 spiro atoms. The lowest BCUT2D eigenvalue weighted by atomic mass is 10.0. The Morgan fingerprint density at radius 1 is 0.394 bits per heavy atom. The van der Waals surface area contributed by atoms with E-state index in [1.54, 1.807) is 6.08 Å². The number of hydrogen-bond donors (Lipinski definition) is 4. The van der Waals surface area contributed by atoms with Crippen LogP contribution in [-0.2, 0) is 4.79 Å². The molecule has 3 unspecified atom stereocenters. The molecule has 0 saturated carbocycles. The first-order valence-electron chi connectivity index (χ1n) is 29.4. The summed E-state index contributed by atoms with van der Waals surface area (Å²) in [5.41, 5.74) is 0. The highest BCUT2D eigenvalue weighted by Crippen LogP contribution is 2.17. The van der Waals surface area contributed by atoms with E-state index in [9.17, 15) is 20.1 Å². The van der Waals surface area contributed by atoms with E-state index in [1.807, 2.05) is 6.08 Å². The van der Waals surface area contributed by atoms with Crippen molar-refractivity contribution in [3.63, 3.8) is 0 Å². The van der Waals surface area contributed by atoms with Crippen LogP contribution in [0.2, 0.25) is 0 Å². The highest BCUT2D eigenvalue weighted by Gasteiger charge is 2.20. The summed E-state index contributed by atoms with van der Waals surface area (Å²) in [6, 6.07) is -0.762. The van der Waals surface area contributed by atoms with Crippen molar-refractivity contribution in [3.8, 4) is 0 Å². The topological polar surface area (TPSA) is 89.8 Å². The molecule has 0 radical (unpaired) electrons. The fourth-order valence-corrected chi connectivity index (χ4v) is 9.10. The summed E-state index contributed by atoms with van der Waals surface area (Å²) in [7, 11) is 0. The van der Waals surface area contributed by atoms with E-state index in [4.69, 9.17) is 0 Å². The van der Waals surface area contributed by atoms with Crippen molar-refractivity contribution in [2.24, 2.45) is 0 Å². The van der Waals surface area contributed by atoms with Crippen LogP contribution in [0.1, 0.15) is 309 Å². The molecule has 0 aromatic carbocycles. The zero-order valence-electron chi connectivity index (χ0n) is 44.3. The number of hydrogen-bond acceptors (Lipinski definition) is 4. The Morgan fingerprint density at radius 2 is 0.697 bits per heavy atom. The lowest BCUT2D eigenvalue weighted by Crippen LogP contribution is -2.45. The van der Waals surface area contributed by atoms with Gasteiger partial charge in [0.15, 0.2) is 0 Å². The summed E-state index contributed by atoms with van der Waals surface area (Å²) < 4.78 is 0. The van der Waals surface area contributed by atoms with Crippen LogP contribution in [0.25, 0.3) is 0 Å². The van der Waals surface area contributed by atoms with E-state index in [0.29, 0.717) is 6.42 Å². The minimum Gasteiger partial charge on any atom is -0.394 e. The summed E-state index contributed by atoms with van der Waals surface area (Å²) in [6.45, 7) is 4.23. The number of aliphatic hydroxyl groups is 3. The monoisotopic (exact) mass is 926 g/mol. The maximum atomic E-state index is 12.5. The molecule has 1 amide bonds. The van der Waals surface area contributed by atoms with Gasteiger partial charge in [0, 0.05) is 0 Å². The fourth-order valence-electron chi connectivity index (χ4n) is 9.10. The van der Waals surface area contributed by atoms with Crippen LogP contribution in [0.4, 0.5) is 0 Å². The molecule has 0 saturated heterocycles. The van der Waals surface area contributed by atoms with Crippen LogP contribution in [0.5, 0.6) is 0 Å². The van der Waals surface area contributed by atoms with Gasteiger partial charge in [-0.3, -0.25) is 4.79 Å².